The van der Waals surface area contributed by atoms with Crippen molar-refractivity contribution >= 4 is 27.5 Å². The molecule has 1 rings (SSSR count). The van der Waals surface area contributed by atoms with Gasteiger partial charge in [-0.3, -0.25) is 4.79 Å². The van der Waals surface area contributed by atoms with Crippen molar-refractivity contribution in [3.05, 3.63) is 28.2 Å². The quantitative estimate of drug-likeness (QED) is 0.714. The maximum absolute atomic E-state index is 11.8. The molecule has 0 aliphatic heterocycles. The van der Waals surface area contributed by atoms with Crippen molar-refractivity contribution in [3.8, 4) is 0 Å². The molecule has 0 aliphatic carbocycles. The summed E-state index contributed by atoms with van der Waals surface area (Å²) in [7, 11) is 4.13. The van der Waals surface area contributed by atoms with E-state index in [0.29, 0.717) is 6.42 Å². The Balaban J connectivity index is 2.18. The Morgan fingerprint density at radius 2 is 2.05 bits per heavy atom. The second-order valence-electron chi connectivity index (χ2n) is 5.17. The van der Waals surface area contributed by atoms with Gasteiger partial charge in [0, 0.05) is 23.1 Å². The predicted octanol–water partition coefficient (Wildman–Crippen LogP) is 2.63. The fourth-order valence-corrected chi connectivity index (χ4v) is 2.04. The van der Waals surface area contributed by atoms with Gasteiger partial charge in [-0.15, -0.1) is 0 Å². The van der Waals surface area contributed by atoms with Gasteiger partial charge in [0.1, 0.15) is 0 Å². The number of carbonyl (C=O) groups is 1. The van der Waals surface area contributed by atoms with Gasteiger partial charge in [0.2, 0.25) is 5.91 Å². The minimum absolute atomic E-state index is 0.0480. The number of aryl methyl sites for hydroxylation is 1. The highest BCUT2D eigenvalue weighted by molar-refractivity contribution is 9.10. The van der Waals surface area contributed by atoms with Gasteiger partial charge in [-0.05, 0) is 64.3 Å². The molecule has 5 heteroatoms. The summed E-state index contributed by atoms with van der Waals surface area (Å²) in [6, 6.07) is 5.82. The van der Waals surface area contributed by atoms with E-state index < -0.39 is 0 Å². The van der Waals surface area contributed by atoms with Crippen LogP contribution in [-0.2, 0) is 4.79 Å². The van der Waals surface area contributed by atoms with Crippen molar-refractivity contribution in [2.24, 2.45) is 0 Å². The molecule has 4 nitrogen and oxygen atoms in total. The van der Waals surface area contributed by atoms with Crippen LogP contribution in [0.3, 0.4) is 0 Å². The van der Waals surface area contributed by atoms with Gasteiger partial charge in [0.15, 0.2) is 0 Å². The van der Waals surface area contributed by atoms with Crippen molar-refractivity contribution in [3.63, 3.8) is 0 Å². The maximum Gasteiger partial charge on any atom is 0.225 e. The molecule has 0 aromatic heterocycles. The summed E-state index contributed by atoms with van der Waals surface area (Å²) in [5.41, 5.74) is 1.97. The van der Waals surface area contributed by atoms with Crippen molar-refractivity contribution in [1.29, 1.82) is 0 Å². The smallest absolute Gasteiger partial charge is 0.225 e. The molecule has 20 heavy (non-hydrogen) atoms. The normalized spacial score (nSPS) is 10.8. The molecule has 0 heterocycles. The highest BCUT2D eigenvalue weighted by atomic mass is 79.9. The standard InChI is InChI=1S/C15H24BrN3O/c1-12-11-13(5-6-14(12)16)18-15(20)7-9-17-8-4-10-19(2)3/h5-6,11,17H,4,7-10H2,1-3H3,(H,18,20). The third-order valence-electron chi connectivity index (χ3n) is 2.93. The summed E-state index contributed by atoms with van der Waals surface area (Å²) in [5, 5.41) is 6.19. The number of benzene rings is 1. The largest absolute Gasteiger partial charge is 0.326 e. The number of anilines is 1. The number of nitrogens with zero attached hydrogens (tertiary/aromatic N) is 1. The van der Waals surface area contributed by atoms with E-state index in [1.807, 2.05) is 25.1 Å². The Hall–Kier alpha value is -0.910. The molecule has 2 N–H and O–H groups in total. The lowest BCUT2D eigenvalue weighted by molar-refractivity contribution is -0.116. The third-order valence-corrected chi connectivity index (χ3v) is 3.82. The molecule has 0 saturated carbocycles. The minimum atomic E-state index is 0.0480. The Morgan fingerprint density at radius 3 is 2.70 bits per heavy atom. The predicted molar refractivity (Wildman–Crippen MR) is 88.2 cm³/mol. The summed E-state index contributed by atoms with van der Waals surface area (Å²) < 4.78 is 1.05. The first-order valence-electron chi connectivity index (χ1n) is 6.90. The summed E-state index contributed by atoms with van der Waals surface area (Å²) in [6.45, 7) is 4.74. The molecule has 112 valence electrons. The van der Waals surface area contributed by atoms with Crippen LogP contribution in [0.15, 0.2) is 22.7 Å². The maximum atomic E-state index is 11.8. The lowest BCUT2D eigenvalue weighted by Gasteiger charge is -2.10. The SMILES string of the molecule is Cc1cc(NC(=O)CCNCCCN(C)C)ccc1Br. The lowest BCUT2D eigenvalue weighted by Crippen LogP contribution is -2.25. The summed E-state index contributed by atoms with van der Waals surface area (Å²) in [5.74, 6) is 0.0480. The van der Waals surface area contributed by atoms with Crippen molar-refractivity contribution in [2.45, 2.75) is 19.8 Å². The van der Waals surface area contributed by atoms with Crippen LogP contribution in [0.1, 0.15) is 18.4 Å². The van der Waals surface area contributed by atoms with Crippen LogP contribution in [0.2, 0.25) is 0 Å². The average molecular weight is 342 g/mol. The van der Waals surface area contributed by atoms with E-state index in [9.17, 15) is 4.79 Å². The van der Waals surface area contributed by atoms with E-state index in [0.717, 1.165) is 41.8 Å². The van der Waals surface area contributed by atoms with Crippen molar-refractivity contribution in [2.75, 3.05) is 39.0 Å². The molecule has 1 amide bonds. The third kappa shape index (κ3) is 7.03. The van der Waals surface area contributed by atoms with Gasteiger partial charge in [-0.25, -0.2) is 0 Å². The number of halogens is 1. The first-order chi connectivity index (χ1) is 9.49. The van der Waals surface area contributed by atoms with Crippen LogP contribution < -0.4 is 10.6 Å². The number of amides is 1. The van der Waals surface area contributed by atoms with Crippen molar-refractivity contribution in [1.82, 2.24) is 10.2 Å². The van der Waals surface area contributed by atoms with E-state index in [1.54, 1.807) is 0 Å². The highest BCUT2D eigenvalue weighted by Crippen LogP contribution is 2.19. The highest BCUT2D eigenvalue weighted by Gasteiger charge is 2.03. The van der Waals surface area contributed by atoms with Gasteiger partial charge in [-0.1, -0.05) is 15.9 Å². The second kappa shape index (κ2) is 9.10. The van der Waals surface area contributed by atoms with Gasteiger partial charge in [0.25, 0.3) is 0 Å². The lowest BCUT2D eigenvalue weighted by atomic mass is 10.2. The molecule has 0 atom stereocenters. The van der Waals surface area contributed by atoms with Crippen LogP contribution in [0, 0.1) is 6.92 Å². The molecule has 0 spiro atoms. The van der Waals surface area contributed by atoms with Gasteiger partial charge in [-0.2, -0.15) is 0 Å². The van der Waals surface area contributed by atoms with Crippen LogP contribution in [0.4, 0.5) is 5.69 Å². The fourth-order valence-electron chi connectivity index (χ4n) is 1.79. The Bertz CT molecular complexity index is 435. The van der Waals surface area contributed by atoms with E-state index in [1.165, 1.54) is 0 Å². The van der Waals surface area contributed by atoms with E-state index >= 15 is 0 Å². The fraction of sp³-hybridized carbons (Fsp3) is 0.533. The van der Waals surface area contributed by atoms with Gasteiger partial charge < -0.3 is 15.5 Å². The molecule has 1 aromatic carbocycles. The van der Waals surface area contributed by atoms with Crippen LogP contribution in [0.25, 0.3) is 0 Å². The number of hydrogen-bond donors (Lipinski definition) is 2. The summed E-state index contributed by atoms with van der Waals surface area (Å²) in [6.07, 6.45) is 1.59. The topological polar surface area (TPSA) is 44.4 Å². The first kappa shape index (κ1) is 17.1. The molecule has 0 fully saturated rings. The zero-order valence-corrected chi connectivity index (χ0v) is 14.1. The van der Waals surface area contributed by atoms with Crippen LogP contribution in [0.5, 0.6) is 0 Å². The Kier molecular flexibility index (Phi) is 7.80. The summed E-state index contributed by atoms with van der Waals surface area (Å²) in [4.78, 5) is 13.9. The van der Waals surface area contributed by atoms with E-state index in [-0.39, 0.29) is 5.91 Å². The van der Waals surface area contributed by atoms with Crippen LogP contribution in [-0.4, -0.2) is 44.5 Å². The van der Waals surface area contributed by atoms with Gasteiger partial charge in [0.05, 0.1) is 0 Å². The van der Waals surface area contributed by atoms with Crippen molar-refractivity contribution < 1.29 is 4.79 Å². The van der Waals surface area contributed by atoms with Gasteiger partial charge >= 0.3 is 0 Å². The molecule has 0 saturated heterocycles. The van der Waals surface area contributed by atoms with E-state index in [4.69, 9.17) is 0 Å². The number of nitrogens with one attached hydrogen (secondary N) is 2. The number of rotatable bonds is 8. The molecular weight excluding hydrogens is 318 g/mol. The minimum Gasteiger partial charge on any atom is -0.326 e. The first-order valence-corrected chi connectivity index (χ1v) is 7.70. The van der Waals surface area contributed by atoms with E-state index in [2.05, 4.69) is 45.6 Å². The average Bonchev–Trinajstić information content (AvgIpc) is 2.38. The molecule has 0 radical (unpaired) electrons. The Morgan fingerprint density at radius 1 is 1.30 bits per heavy atom. The zero-order chi connectivity index (χ0) is 15.0. The molecule has 0 bridgehead atoms. The number of carbonyl (C=O) groups excluding carboxylic acids is 1. The molecule has 0 unspecified atom stereocenters. The monoisotopic (exact) mass is 341 g/mol. The summed E-state index contributed by atoms with van der Waals surface area (Å²) >= 11 is 3.45. The second-order valence-corrected chi connectivity index (χ2v) is 6.02. The zero-order valence-electron chi connectivity index (χ0n) is 12.5. The molecule has 0 aliphatic rings. The number of hydrogen-bond acceptors (Lipinski definition) is 3. The molecular formula is C15H24BrN3O. The Labute approximate surface area is 130 Å². The van der Waals surface area contributed by atoms with Crippen LogP contribution >= 0.6 is 15.9 Å². The molecule has 1 aromatic rings.